The zero-order valence-electron chi connectivity index (χ0n) is 11.5. The summed E-state index contributed by atoms with van der Waals surface area (Å²) in [5.41, 5.74) is 1.42. The van der Waals surface area contributed by atoms with Crippen LogP contribution in [-0.4, -0.2) is 11.3 Å². The number of aromatic nitrogens is 2. The molecule has 0 spiro atoms. The van der Waals surface area contributed by atoms with Gasteiger partial charge in [-0.25, -0.2) is 0 Å². The predicted molar refractivity (Wildman–Crippen MR) is 78.1 cm³/mol. The Morgan fingerprint density at radius 1 is 1.19 bits per heavy atom. The molecule has 5 nitrogen and oxygen atoms in total. The van der Waals surface area contributed by atoms with E-state index in [9.17, 15) is 10.5 Å². The van der Waals surface area contributed by atoms with E-state index < -0.39 is 0 Å². The SMILES string of the molecule is CCOc1ccc(-n2c(C#N)c3ccccc3[n+]2[O-])cc1. The van der Waals surface area contributed by atoms with Crippen LogP contribution in [0.1, 0.15) is 12.6 Å². The molecule has 0 unspecified atom stereocenters. The Bertz CT molecular complexity index is 829. The number of benzene rings is 2. The van der Waals surface area contributed by atoms with Gasteiger partial charge in [0.25, 0.3) is 5.52 Å². The fourth-order valence-corrected chi connectivity index (χ4v) is 2.35. The Balaban J connectivity index is 2.20. The molecule has 0 N–H and O–H groups in total. The average Bonchev–Trinajstić information content (AvgIpc) is 2.81. The van der Waals surface area contributed by atoms with Crippen LogP contribution in [0, 0.1) is 16.5 Å². The maximum atomic E-state index is 12.4. The second kappa shape index (κ2) is 5.17. The molecular weight excluding hydrogens is 266 g/mol. The normalized spacial score (nSPS) is 10.5. The van der Waals surface area contributed by atoms with Gasteiger partial charge in [0.05, 0.1) is 12.0 Å². The van der Waals surface area contributed by atoms with Crippen molar-refractivity contribution in [2.24, 2.45) is 0 Å². The van der Waals surface area contributed by atoms with Crippen molar-refractivity contribution >= 4 is 10.9 Å². The van der Waals surface area contributed by atoms with E-state index in [1.165, 1.54) is 4.68 Å². The van der Waals surface area contributed by atoms with Crippen LogP contribution in [0.5, 0.6) is 5.75 Å². The van der Waals surface area contributed by atoms with E-state index in [1.54, 1.807) is 42.5 Å². The summed E-state index contributed by atoms with van der Waals surface area (Å²) in [6, 6.07) is 16.3. The first-order valence-electron chi connectivity index (χ1n) is 6.63. The molecule has 21 heavy (non-hydrogen) atoms. The number of nitrogens with zero attached hydrogens (tertiary/aromatic N) is 3. The Morgan fingerprint density at radius 3 is 2.57 bits per heavy atom. The zero-order chi connectivity index (χ0) is 14.8. The zero-order valence-corrected chi connectivity index (χ0v) is 11.5. The highest BCUT2D eigenvalue weighted by Gasteiger charge is 2.21. The van der Waals surface area contributed by atoms with Gasteiger partial charge < -0.3 is 9.94 Å². The minimum atomic E-state index is 0.324. The van der Waals surface area contributed by atoms with Crippen molar-refractivity contribution in [1.29, 1.82) is 5.26 Å². The molecule has 0 aliphatic heterocycles. The molecule has 1 heterocycles. The molecule has 0 bridgehead atoms. The van der Waals surface area contributed by atoms with Crippen molar-refractivity contribution in [2.75, 3.05) is 6.61 Å². The van der Waals surface area contributed by atoms with Gasteiger partial charge in [-0.2, -0.15) is 5.26 Å². The molecule has 0 radical (unpaired) electrons. The molecule has 0 fully saturated rings. The quantitative estimate of drug-likeness (QED) is 0.546. The highest BCUT2D eigenvalue weighted by Crippen LogP contribution is 2.21. The molecule has 3 rings (SSSR count). The van der Waals surface area contributed by atoms with E-state index >= 15 is 0 Å². The molecule has 5 heteroatoms. The number of hydrogen-bond donors (Lipinski definition) is 0. The van der Waals surface area contributed by atoms with E-state index in [1.807, 2.05) is 13.0 Å². The van der Waals surface area contributed by atoms with Crippen LogP contribution in [0.25, 0.3) is 16.6 Å². The van der Waals surface area contributed by atoms with E-state index in [2.05, 4.69) is 6.07 Å². The van der Waals surface area contributed by atoms with Gasteiger partial charge in [-0.3, -0.25) is 0 Å². The summed E-state index contributed by atoms with van der Waals surface area (Å²) in [5.74, 6) is 0.730. The van der Waals surface area contributed by atoms with Gasteiger partial charge in [0.15, 0.2) is 5.69 Å². The molecule has 104 valence electrons. The first-order chi connectivity index (χ1) is 10.3. The molecule has 1 aromatic heterocycles. The smallest absolute Gasteiger partial charge is 0.253 e. The molecule has 0 saturated heterocycles. The van der Waals surface area contributed by atoms with Gasteiger partial charge in [-0.15, -0.1) is 0 Å². The van der Waals surface area contributed by atoms with Crippen LogP contribution < -0.4 is 9.58 Å². The van der Waals surface area contributed by atoms with E-state index in [-0.39, 0.29) is 0 Å². The second-order valence-electron chi connectivity index (χ2n) is 4.49. The fourth-order valence-electron chi connectivity index (χ4n) is 2.35. The lowest BCUT2D eigenvalue weighted by atomic mass is 10.2. The average molecular weight is 279 g/mol. The largest absolute Gasteiger partial charge is 0.595 e. The predicted octanol–water partition coefficient (Wildman–Crippen LogP) is 2.53. The summed E-state index contributed by atoms with van der Waals surface area (Å²) in [6.07, 6.45) is 0. The second-order valence-corrected chi connectivity index (χ2v) is 4.49. The molecule has 0 amide bonds. The van der Waals surface area contributed by atoms with Crippen LogP contribution in [0.4, 0.5) is 0 Å². The van der Waals surface area contributed by atoms with Crippen molar-refractivity contribution in [3.05, 3.63) is 59.4 Å². The Hall–Kier alpha value is -3.00. The Morgan fingerprint density at radius 2 is 1.90 bits per heavy atom. The minimum Gasteiger partial charge on any atom is -0.595 e. The van der Waals surface area contributed by atoms with Crippen molar-refractivity contribution < 1.29 is 9.58 Å². The lowest BCUT2D eigenvalue weighted by Crippen LogP contribution is -2.36. The summed E-state index contributed by atoms with van der Waals surface area (Å²) in [7, 11) is 0. The van der Waals surface area contributed by atoms with Crippen LogP contribution in [0.2, 0.25) is 0 Å². The summed E-state index contributed by atoms with van der Waals surface area (Å²) in [5, 5.41) is 22.4. The third kappa shape index (κ3) is 2.07. The number of rotatable bonds is 3. The first kappa shape index (κ1) is 13.0. The van der Waals surface area contributed by atoms with Crippen LogP contribution in [-0.2, 0) is 0 Å². The van der Waals surface area contributed by atoms with Gasteiger partial charge in [0, 0.05) is 6.07 Å². The van der Waals surface area contributed by atoms with Gasteiger partial charge in [-0.05, 0) is 37.3 Å². The molecule has 0 aliphatic rings. The van der Waals surface area contributed by atoms with Gasteiger partial charge >= 0.3 is 0 Å². The molecule has 0 aliphatic carbocycles. The Labute approximate surface area is 121 Å². The van der Waals surface area contributed by atoms with E-state index in [4.69, 9.17) is 4.74 Å². The number of nitriles is 1. The third-order valence-electron chi connectivity index (χ3n) is 3.26. The maximum absolute atomic E-state index is 12.4. The third-order valence-corrected chi connectivity index (χ3v) is 3.26. The van der Waals surface area contributed by atoms with E-state index in [0.717, 1.165) is 10.6 Å². The fraction of sp³-hybridized carbons (Fsp3) is 0.125. The van der Waals surface area contributed by atoms with Crippen molar-refractivity contribution in [1.82, 2.24) is 4.68 Å². The highest BCUT2D eigenvalue weighted by molar-refractivity contribution is 5.81. The minimum absolute atomic E-state index is 0.324. The topological polar surface area (TPSA) is 64.9 Å². The monoisotopic (exact) mass is 279 g/mol. The molecular formula is C16H13N3O2. The van der Waals surface area contributed by atoms with Gasteiger partial charge in [0.1, 0.15) is 17.5 Å². The van der Waals surface area contributed by atoms with Crippen LogP contribution in [0.3, 0.4) is 0 Å². The highest BCUT2D eigenvalue weighted by atomic mass is 16.5. The first-order valence-corrected chi connectivity index (χ1v) is 6.63. The lowest BCUT2D eigenvalue weighted by Gasteiger charge is -2.06. The summed E-state index contributed by atoms with van der Waals surface area (Å²) < 4.78 is 6.74. The van der Waals surface area contributed by atoms with Gasteiger partial charge in [-0.1, -0.05) is 21.7 Å². The molecule has 2 aromatic carbocycles. The number of para-hydroxylation sites is 1. The maximum Gasteiger partial charge on any atom is 0.253 e. The summed E-state index contributed by atoms with van der Waals surface area (Å²) in [4.78, 5) is 0.740. The van der Waals surface area contributed by atoms with Gasteiger partial charge in [0.2, 0.25) is 0 Å². The number of hydrogen-bond acceptors (Lipinski definition) is 3. The molecule has 0 saturated carbocycles. The van der Waals surface area contributed by atoms with Crippen LogP contribution in [0.15, 0.2) is 48.5 Å². The Kier molecular flexibility index (Phi) is 3.20. The van der Waals surface area contributed by atoms with Crippen molar-refractivity contribution in [3.8, 4) is 17.5 Å². The number of ether oxygens (including phenoxy) is 1. The van der Waals surface area contributed by atoms with Crippen LogP contribution >= 0.6 is 0 Å². The van der Waals surface area contributed by atoms with Crippen molar-refractivity contribution in [2.45, 2.75) is 6.92 Å². The van der Waals surface area contributed by atoms with E-state index in [0.29, 0.717) is 28.9 Å². The standard InChI is InChI=1S/C16H13N3O2/c1-2-21-13-9-7-12(8-10-13)18-16(11-17)14-5-3-4-6-15(14)19(18)20/h3-10H,2H2,1H3. The summed E-state index contributed by atoms with van der Waals surface area (Å²) in [6.45, 7) is 2.49. The molecule has 3 aromatic rings. The van der Waals surface area contributed by atoms with Crippen molar-refractivity contribution in [3.63, 3.8) is 0 Å². The molecule has 0 atom stereocenters. The lowest BCUT2D eigenvalue weighted by molar-refractivity contribution is -0.659. The number of fused-ring (bicyclic) bond motifs is 1. The summed E-state index contributed by atoms with van der Waals surface area (Å²) >= 11 is 0.